The van der Waals surface area contributed by atoms with E-state index in [0.29, 0.717) is 38.8 Å². The van der Waals surface area contributed by atoms with Crippen molar-refractivity contribution >= 4 is 17.2 Å². The minimum absolute atomic E-state index is 0.0791. The fourth-order valence-electron chi connectivity index (χ4n) is 4.56. The smallest absolute Gasteiger partial charge is 0.237 e. The van der Waals surface area contributed by atoms with E-state index >= 15 is 0 Å². The lowest BCUT2D eigenvalue weighted by Crippen LogP contribution is -2.48. The molecule has 0 bridgehead atoms. The Kier molecular flexibility index (Phi) is 8.64. The topological polar surface area (TPSA) is 62.2 Å². The molecule has 1 N–H and O–H groups in total. The van der Waals surface area contributed by atoms with Crippen LogP contribution in [0.15, 0.2) is 35.7 Å². The van der Waals surface area contributed by atoms with Crippen molar-refractivity contribution in [2.75, 3.05) is 39.4 Å². The highest BCUT2D eigenvalue weighted by molar-refractivity contribution is 7.10. The van der Waals surface area contributed by atoms with E-state index < -0.39 is 6.10 Å². The maximum Gasteiger partial charge on any atom is 0.237 e. The van der Waals surface area contributed by atoms with Crippen molar-refractivity contribution in [1.29, 1.82) is 0 Å². The number of carbonyl (C=O) groups excluding carboxylic acids is 1. The molecule has 0 radical (unpaired) electrons. The van der Waals surface area contributed by atoms with E-state index in [-0.39, 0.29) is 18.1 Å². The van der Waals surface area contributed by atoms with E-state index in [0.717, 1.165) is 24.3 Å². The Hall–Kier alpha value is -1.93. The SMILES string of the molecule is Cc1cccc(OC[C@@H]2c3ccsc3CCN2C(=O)CN(CC2CC2)C[C@@H](O)COC(C)C)c1. The van der Waals surface area contributed by atoms with Gasteiger partial charge in [-0.1, -0.05) is 12.1 Å². The fourth-order valence-corrected chi connectivity index (χ4v) is 5.49. The van der Waals surface area contributed by atoms with Gasteiger partial charge in [-0.3, -0.25) is 9.69 Å². The van der Waals surface area contributed by atoms with E-state index in [1.165, 1.54) is 23.3 Å². The summed E-state index contributed by atoms with van der Waals surface area (Å²) in [6, 6.07) is 10.1. The van der Waals surface area contributed by atoms with Crippen LogP contribution in [0.25, 0.3) is 0 Å². The Bertz CT molecular complexity index is 942. The van der Waals surface area contributed by atoms with Gasteiger partial charge in [0.2, 0.25) is 5.91 Å². The van der Waals surface area contributed by atoms with Gasteiger partial charge in [0.15, 0.2) is 0 Å². The maximum absolute atomic E-state index is 13.6. The molecule has 1 aliphatic heterocycles. The molecule has 1 fully saturated rings. The van der Waals surface area contributed by atoms with Gasteiger partial charge < -0.3 is 19.5 Å². The number of thiophene rings is 1. The lowest BCUT2D eigenvalue weighted by Gasteiger charge is -2.37. The summed E-state index contributed by atoms with van der Waals surface area (Å²) in [5, 5.41) is 12.6. The first-order chi connectivity index (χ1) is 16.4. The third kappa shape index (κ3) is 7.04. The standard InChI is InChI=1S/C27H38N2O4S/c1-19(2)32-17-22(30)15-28(14-21-7-8-21)16-27(31)29-11-9-26-24(10-12-34-26)25(29)18-33-23-6-4-5-20(3)13-23/h4-6,10,12-13,19,21-22,25,30H,7-9,11,14-18H2,1-3H3/t22-,25-/m1/s1. The number of aliphatic hydroxyl groups excluding tert-OH is 1. The maximum atomic E-state index is 13.6. The third-order valence-corrected chi connectivity index (χ3v) is 7.47. The van der Waals surface area contributed by atoms with E-state index in [1.54, 1.807) is 11.3 Å². The molecule has 1 aliphatic carbocycles. The normalized spacial score (nSPS) is 18.9. The first-order valence-electron chi connectivity index (χ1n) is 12.5. The Balaban J connectivity index is 1.43. The molecule has 0 saturated heterocycles. The summed E-state index contributed by atoms with van der Waals surface area (Å²) in [5.74, 6) is 1.57. The van der Waals surface area contributed by atoms with Crippen molar-refractivity contribution in [3.05, 3.63) is 51.7 Å². The van der Waals surface area contributed by atoms with E-state index in [2.05, 4.69) is 29.3 Å². The zero-order valence-electron chi connectivity index (χ0n) is 20.6. The minimum Gasteiger partial charge on any atom is -0.491 e. The first-order valence-corrected chi connectivity index (χ1v) is 13.3. The number of benzene rings is 1. The van der Waals surface area contributed by atoms with Gasteiger partial charge in [0.05, 0.1) is 31.4 Å². The van der Waals surface area contributed by atoms with Gasteiger partial charge in [-0.25, -0.2) is 0 Å². The summed E-state index contributed by atoms with van der Waals surface area (Å²) >= 11 is 1.76. The van der Waals surface area contributed by atoms with Gasteiger partial charge in [0.1, 0.15) is 12.4 Å². The molecule has 2 aliphatic rings. The zero-order valence-corrected chi connectivity index (χ0v) is 21.4. The lowest BCUT2D eigenvalue weighted by molar-refractivity contribution is -0.136. The third-order valence-electron chi connectivity index (χ3n) is 6.48. The summed E-state index contributed by atoms with van der Waals surface area (Å²) in [6.45, 7) is 9.03. The van der Waals surface area contributed by atoms with Crippen LogP contribution in [0.4, 0.5) is 0 Å². The number of aliphatic hydroxyl groups is 1. The fraction of sp³-hybridized carbons (Fsp3) is 0.593. The average Bonchev–Trinajstić information content (AvgIpc) is 3.47. The highest BCUT2D eigenvalue weighted by atomic mass is 32.1. The molecular weight excluding hydrogens is 448 g/mol. The highest BCUT2D eigenvalue weighted by Gasteiger charge is 2.34. The van der Waals surface area contributed by atoms with Crippen LogP contribution in [0.1, 0.15) is 48.7 Å². The number of hydrogen-bond donors (Lipinski definition) is 1. The predicted octanol–water partition coefficient (Wildman–Crippen LogP) is 4.06. The Morgan fingerprint density at radius 3 is 2.85 bits per heavy atom. The van der Waals surface area contributed by atoms with Gasteiger partial charge >= 0.3 is 0 Å². The van der Waals surface area contributed by atoms with Crippen LogP contribution in [-0.4, -0.2) is 72.4 Å². The van der Waals surface area contributed by atoms with Crippen molar-refractivity contribution in [3.63, 3.8) is 0 Å². The average molecular weight is 487 g/mol. The summed E-state index contributed by atoms with van der Waals surface area (Å²) < 4.78 is 11.8. The minimum atomic E-state index is -0.598. The summed E-state index contributed by atoms with van der Waals surface area (Å²) in [4.78, 5) is 19.0. The van der Waals surface area contributed by atoms with Crippen LogP contribution in [-0.2, 0) is 16.0 Å². The molecule has 2 atom stereocenters. The molecule has 0 spiro atoms. The van der Waals surface area contributed by atoms with E-state index in [9.17, 15) is 9.90 Å². The summed E-state index contributed by atoms with van der Waals surface area (Å²) in [7, 11) is 0. The molecular formula is C27H38N2O4S. The van der Waals surface area contributed by atoms with Crippen molar-refractivity contribution < 1.29 is 19.4 Å². The Morgan fingerprint density at radius 2 is 2.12 bits per heavy atom. The van der Waals surface area contributed by atoms with Crippen LogP contribution < -0.4 is 4.74 Å². The zero-order chi connectivity index (χ0) is 24.1. The van der Waals surface area contributed by atoms with Crippen molar-refractivity contribution in [2.45, 2.75) is 58.3 Å². The molecule has 0 unspecified atom stereocenters. The number of rotatable bonds is 12. The van der Waals surface area contributed by atoms with Crippen LogP contribution in [0.5, 0.6) is 5.75 Å². The van der Waals surface area contributed by atoms with Crippen LogP contribution in [0, 0.1) is 12.8 Å². The van der Waals surface area contributed by atoms with E-state index in [1.807, 2.05) is 36.9 Å². The lowest BCUT2D eigenvalue weighted by atomic mass is 10.0. The molecule has 1 saturated carbocycles. The summed E-state index contributed by atoms with van der Waals surface area (Å²) in [6.07, 6.45) is 2.78. The van der Waals surface area contributed by atoms with Crippen LogP contribution in [0.2, 0.25) is 0 Å². The van der Waals surface area contributed by atoms with Crippen LogP contribution >= 0.6 is 11.3 Å². The quantitative estimate of drug-likeness (QED) is 0.490. The second-order valence-electron chi connectivity index (χ2n) is 9.95. The molecule has 6 nitrogen and oxygen atoms in total. The second kappa shape index (κ2) is 11.7. The van der Waals surface area contributed by atoms with E-state index in [4.69, 9.17) is 9.47 Å². The van der Waals surface area contributed by atoms with Crippen molar-refractivity contribution in [1.82, 2.24) is 9.80 Å². The monoisotopic (exact) mass is 486 g/mol. The van der Waals surface area contributed by atoms with Crippen molar-refractivity contribution in [3.8, 4) is 5.75 Å². The Labute approximate surface area is 207 Å². The number of hydrogen-bond acceptors (Lipinski definition) is 6. The number of fused-ring (bicyclic) bond motifs is 1. The molecule has 7 heteroatoms. The molecule has 1 aromatic carbocycles. The molecule has 2 aromatic rings. The van der Waals surface area contributed by atoms with Gasteiger partial charge in [-0.2, -0.15) is 0 Å². The number of amides is 1. The van der Waals surface area contributed by atoms with Crippen molar-refractivity contribution in [2.24, 2.45) is 5.92 Å². The molecule has 4 rings (SSSR count). The molecule has 186 valence electrons. The highest BCUT2D eigenvalue weighted by Crippen LogP contribution is 2.34. The second-order valence-corrected chi connectivity index (χ2v) is 11.0. The number of aryl methyl sites for hydroxylation is 1. The number of nitrogens with zero attached hydrogens (tertiary/aromatic N) is 2. The van der Waals surface area contributed by atoms with Gasteiger partial charge in [-0.05, 0) is 80.7 Å². The van der Waals surface area contributed by atoms with Crippen LogP contribution in [0.3, 0.4) is 0 Å². The largest absolute Gasteiger partial charge is 0.491 e. The first kappa shape index (κ1) is 25.2. The number of ether oxygens (including phenoxy) is 2. The molecule has 2 heterocycles. The van der Waals surface area contributed by atoms with Gasteiger partial charge in [0, 0.05) is 24.5 Å². The molecule has 1 amide bonds. The molecule has 34 heavy (non-hydrogen) atoms. The predicted molar refractivity (Wildman–Crippen MR) is 135 cm³/mol. The summed E-state index contributed by atoms with van der Waals surface area (Å²) in [5.41, 5.74) is 2.36. The Morgan fingerprint density at radius 1 is 1.29 bits per heavy atom. The molecule has 1 aromatic heterocycles. The van der Waals surface area contributed by atoms with Gasteiger partial charge in [0.25, 0.3) is 0 Å². The number of carbonyl (C=O) groups is 1. The van der Waals surface area contributed by atoms with Gasteiger partial charge in [-0.15, -0.1) is 11.3 Å².